The first-order chi connectivity index (χ1) is 9.22. The maximum absolute atomic E-state index is 10.0. The lowest BCUT2D eigenvalue weighted by atomic mass is 10.1. The summed E-state index contributed by atoms with van der Waals surface area (Å²) in [7, 11) is 2.00. The van der Waals surface area contributed by atoms with Gasteiger partial charge in [0.1, 0.15) is 5.82 Å². The van der Waals surface area contributed by atoms with Gasteiger partial charge in [-0.25, -0.2) is 4.98 Å². The van der Waals surface area contributed by atoms with Crippen molar-refractivity contribution in [1.82, 2.24) is 9.55 Å². The standard InChI is InChI=1S/C15H22N2O2/c1-3-19-10-6-7-12(18)11-15-16-13-8-4-5-9-14(13)17(15)2/h4-5,8-9,12,18H,3,6-7,10-11H2,1-2H3. The Hall–Kier alpha value is -1.39. The minimum absolute atomic E-state index is 0.351. The monoisotopic (exact) mass is 262 g/mol. The minimum Gasteiger partial charge on any atom is -0.393 e. The molecule has 1 heterocycles. The van der Waals surface area contributed by atoms with Crippen LogP contribution in [0.5, 0.6) is 0 Å². The van der Waals surface area contributed by atoms with Crippen LogP contribution in [-0.4, -0.2) is 34.0 Å². The Kier molecular flexibility index (Phi) is 4.93. The predicted octanol–water partition coefficient (Wildman–Crippen LogP) is 2.29. The van der Waals surface area contributed by atoms with Crippen LogP contribution in [-0.2, 0) is 18.2 Å². The zero-order valence-electron chi connectivity index (χ0n) is 11.7. The van der Waals surface area contributed by atoms with Crippen LogP contribution in [0.2, 0.25) is 0 Å². The number of para-hydroxylation sites is 2. The number of aliphatic hydroxyl groups is 1. The van der Waals surface area contributed by atoms with Gasteiger partial charge < -0.3 is 14.4 Å². The van der Waals surface area contributed by atoms with Gasteiger partial charge in [-0.1, -0.05) is 12.1 Å². The summed E-state index contributed by atoms with van der Waals surface area (Å²) in [5.74, 6) is 0.935. The molecule has 2 aromatic rings. The van der Waals surface area contributed by atoms with Gasteiger partial charge in [0.15, 0.2) is 0 Å². The molecule has 0 aliphatic rings. The minimum atomic E-state index is -0.351. The lowest BCUT2D eigenvalue weighted by molar-refractivity contribution is 0.113. The van der Waals surface area contributed by atoms with Crippen molar-refractivity contribution in [1.29, 1.82) is 0 Å². The van der Waals surface area contributed by atoms with E-state index in [1.165, 1.54) is 0 Å². The van der Waals surface area contributed by atoms with Gasteiger partial charge in [0.25, 0.3) is 0 Å². The number of hydrogen-bond donors (Lipinski definition) is 1. The Morgan fingerprint density at radius 1 is 1.37 bits per heavy atom. The van der Waals surface area contributed by atoms with Gasteiger partial charge >= 0.3 is 0 Å². The second-order valence-electron chi connectivity index (χ2n) is 4.77. The van der Waals surface area contributed by atoms with Gasteiger partial charge in [0.05, 0.1) is 17.1 Å². The molecule has 1 aromatic carbocycles. The van der Waals surface area contributed by atoms with E-state index in [-0.39, 0.29) is 6.10 Å². The molecule has 0 saturated carbocycles. The molecule has 4 nitrogen and oxygen atoms in total. The normalized spacial score (nSPS) is 13.0. The number of fused-ring (bicyclic) bond motifs is 1. The number of aliphatic hydroxyl groups excluding tert-OH is 1. The van der Waals surface area contributed by atoms with Crippen LogP contribution in [0.25, 0.3) is 11.0 Å². The Morgan fingerprint density at radius 2 is 2.16 bits per heavy atom. The van der Waals surface area contributed by atoms with Gasteiger partial charge in [-0.3, -0.25) is 0 Å². The number of benzene rings is 1. The molecule has 0 spiro atoms. The molecule has 19 heavy (non-hydrogen) atoms. The fourth-order valence-corrected chi connectivity index (χ4v) is 2.26. The zero-order chi connectivity index (χ0) is 13.7. The van der Waals surface area contributed by atoms with Gasteiger partial charge in [-0.2, -0.15) is 0 Å². The smallest absolute Gasteiger partial charge is 0.112 e. The summed E-state index contributed by atoms with van der Waals surface area (Å²) in [6, 6.07) is 8.04. The highest BCUT2D eigenvalue weighted by molar-refractivity contribution is 5.75. The van der Waals surface area contributed by atoms with E-state index >= 15 is 0 Å². The number of aryl methyl sites for hydroxylation is 1. The molecule has 0 aliphatic carbocycles. The SMILES string of the molecule is CCOCCCC(O)Cc1nc2ccccc2n1C. The topological polar surface area (TPSA) is 47.3 Å². The summed E-state index contributed by atoms with van der Waals surface area (Å²) in [4.78, 5) is 4.57. The number of nitrogens with zero attached hydrogens (tertiary/aromatic N) is 2. The fraction of sp³-hybridized carbons (Fsp3) is 0.533. The molecule has 0 bridgehead atoms. The molecule has 1 unspecified atom stereocenters. The largest absolute Gasteiger partial charge is 0.393 e. The Morgan fingerprint density at radius 3 is 2.89 bits per heavy atom. The van der Waals surface area contributed by atoms with Crippen molar-refractivity contribution >= 4 is 11.0 Å². The molecule has 0 saturated heterocycles. The van der Waals surface area contributed by atoms with E-state index in [0.717, 1.165) is 42.9 Å². The highest BCUT2D eigenvalue weighted by atomic mass is 16.5. The third kappa shape index (κ3) is 3.55. The van der Waals surface area contributed by atoms with E-state index < -0.39 is 0 Å². The quantitative estimate of drug-likeness (QED) is 0.779. The maximum Gasteiger partial charge on any atom is 0.112 e. The first kappa shape index (κ1) is 14.0. The predicted molar refractivity (Wildman–Crippen MR) is 76.2 cm³/mol. The molecular formula is C15H22N2O2. The van der Waals surface area contributed by atoms with Crippen LogP contribution in [0.15, 0.2) is 24.3 Å². The fourth-order valence-electron chi connectivity index (χ4n) is 2.26. The molecule has 4 heteroatoms. The van der Waals surface area contributed by atoms with Gasteiger partial charge in [-0.15, -0.1) is 0 Å². The maximum atomic E-state index is 10.0. The Bertz CT molecular complexity index is 522. The number of imidazole rings is 1. The van der Waals surface area contributed by atoms with E-state index in [1.807, 2.05) is 38.2 Å². The average Bonchev–Trinajstić information content (AvgIpc) is 2.72. The molecular weight excluding hydrogens is 240 g/mol. The number of hydrogen-bond acceptors (Lipinski definition) is 3. The molecule has 2 rings (SSSR count). The van der Waals surface area contributed by atoms with Gasteiger partial charge in [0, 0.05) is 26.7 Å². The molecule has 0 amide bonds. The van der Waals surface area contributed by atoms with Crippen LogP contribution in [0.4, 0.5) is 0 Å². The lowest BCUT2D eigenvalue weighted by Crippen LogP contribution is -2.14. The summed E-state index contributed by atoms with van der Waals surface area (Å²) >= 11 is 0. The van der Waals surface area contributed by atoms with Crippen molar-refractivity contribution in [2.24, 2.45) is 7.05 Å². The highest BCUT2D eigenvalue weighted by Gasteiger charge is 2.12. The van der Waals surface area contributed by atoms with Gasteiger partial charge in [0.2, 0.25) is 0 Å². The number of rotatable bonds is 7. The van der Waals surface area contributed by atoms with E-state index in [9.17, 15) is 5.11 Å². The van der Waals surface area contributed by atoms with E-state index in [2.05, 4.69) is 9.55 Å². The van der Waals surface area contributed by atoms with Crippen molar-refractivity contribution in [3.63, 3.8) is 0 Å². The Balaban J connectivity index is 1.95. The van der Waals surface area contributed by atoms with E-state index in [1.54, 1.807) is 0 Å². The third-order valence-electron chi connectivity index (χ3n) is 3.33. The molecule has 0 aliphatic heterocycles. The molecule has 0 fully saturated rings. The molecule has 104 valence electrons. The van der Waals surface area contributed by atoms with E-state index in [0.29, 0.717) is 6.42 Å². The summed E-state index contributed by atoms with van der Waals surface area (Å²) in [6.45, 7) is 3.44. The van der Waals surface area contributed by atoms with Crippen LogP contribution in [0.1, 0.15) is 25.6 Å². The third-order valence-corrected chi connectivity index (χ3v) is 3.33. The van der Waals surface area contributed by atoms with Crippen LogP contribution >= 0.6 is 0 Å². The summed E-state index contributed by atoms with van der Waals surface area (Å²) in [5.41, 5.74) is 2.10. The van der Waals surface area contributed by atoms with Gasteiger partial charge in [-0.05, 0) is 31.9 Å². The molecule has 1 N–H and O–H groups in total. The second-order valence-corrected chi connectivity index (χ2v) is 4.77. The summed E-state index contributed by atoms with van der Waals surface area (Å²) < 4.78 is 7.33. The first-order valence-electron chi connectivity index (χ1n) is 6.88. The molecule has 1 aromatic heterocycles. The van der Waals surface area contributed by atoms with Crippen molar-refractivity contribution in [3.8, 4) is 0 Å². The van der Waals surface area contributed by atoms with Crippen LogP contribution < -0.4 is 0 Å². The molecule has 1 atom stereocenters. The second kappa shape index (κ2) is 6.68. The number of aromatic nitrogens is 2. The summed E-state index contributed by atoms with van der Waals surface area (Å²) in [5, 5.41) is 10.0. The average molecular weight is 262 g/mol. The van der Waals surface area contributed by atoms with Crippen LogP contribution in [0, 0.1) is 0 Å². The zero-order valence-corrected chi connectivity index (χ0v) is 11.7. The van der Waals surface area contributed by atoms with Crippen molar-refractivity contribution in [3.05, 3.63) is 30.1 Å². The highest BCUT2D eigenvalue weighted by Crippen LogP contribution is 2.16. The number of ether oxygens (including phenoxy) is 1. The van der Waals surface area contributed by atoms with Crippen molar-refractivity contribution in [2.45, 2.75) is 32.3 Å². The van der Waals surface area contributed by atoms with E-state index in [4.69, 9.17) is 4.74 Å². The van der Waals surface area contributed by atoms with Crippen molar-refractivity contribution < 1.29 is 9.84 Å². The van der Waals surface area contributed by atoms with Crippen LogP contribution in [0.3, 0.4) is 0 Å². The van der Waals surface area contributed by atoms with Crippen molar-refractivity contribution in [2.75, 3.05) is 13.2 Å². The lowest BCUT2D eigenvalue weighted by Gasteiger charge is -2.10. The summed E-state index contributed by atoms with van der Waals surface area (Å²) in [6.07, 6.45) is 1.88. The molecule has 0 radical (unpaired) electrons. The first-order valence-corrected chi connectivity index (χ1v) is 6.88. The Labute approximate surface area is 114 Å².